The molecule has 0 fully saturated rings. The summed E-state index contributed by atoms with van der Waals surface area (Å²) in [6.07, 6.45) is -2.82. The van der Waals surface area contributed by atoms with Gasteiger partial charge in [-0.25, -0.2) is 4.79 Å². The number of aliphatic hydroxyl groups excluding tert-OH is 3. The van der Waals surface area contributed by atoms with Crippen molar-refractivity contribution in [3.8, 4) is 0 Å². The normalized spacial score (nSPS) is 33.5. The van der Waals surface area contributed by atoms with Crippen LogP contribution in [-0.4, -0.2) is 51.3 Å². The van der Waals surface area contributed by atoms with Gasteiger partial charge in [-0.3, -0.25) is 0 Å². The first-order chi connectivity index (χ1) is 6.06. The van der Waals surface area contributed by atoms with Gasteiger partial charge in [-0.15, -0.1) is 0 Å². The van der Waals surface area contributed by atoms with E-state index in [0.717, 1.165) is 6.08 Å². The SMILES string of the molecule is O=C(O)C1=C[C@@H](O)[C@@H](O)[C@@H](CO)O1. The number of ether oxygens (including phenoxy) is 1. The lowest BCUT2D eigenvalue weighted by Gasteiger charge is -2.29. The Bertz CT molecular complexity index is 235. The predicted octanol–water partition coefficient (Wildman–Crippen LogP) is -1.93. The van der Waals surface area contributed by atoms with Crippen LogP contribution in [0, 0.1) is 0 Å². The lowest BCUT2D eigenvalue weighted by molar-refractivity contribution is -0.145. The molecule has 0 amide bonds. The fraction of sp³-hybridized carbons (Fsp3) is 0.571. The summed E-state index contributed by atoms with van der Waals surface area (Å²) in [7, 11) is 0. The van der Waals surface area contributed by atoms with Crippen LogP contribution in [0.3, 0.4) is 0 Å². The second-order valence-corrected chi connectivity index (χ2v) is 2.66. The quantitative estimate of drug-likeness (QED) is 0.404. The minimum Gasteiger partial charge on any atom is -0.478 e. The predicted molar refractivity (Wildman–Crippen MR) is 39.7 cm³/mol. The Morgan fingerprint density at radius 1 is 1.54 bits per heavy atom. The largest absolute Gasteiger partial charge is 0.478 e. The molecule has 1 rings (SSSR count). The summed E-state index contributed by atoms with van der Waals surface area (Å²) in [4.78, 5) is 10.4. The molecule has 1 aliphatic rings. The van der Waals surface area contributed by atoms with Gasteiger partial charge >= 0.3 is 5.97 Å². The summed E-state index contributed by atoms with van der Waals surface area (Å²) in [5.74, 6) is -1.80. The zero-order chi connectivity index (χ0) is 10.0. The van der Waals surface area contributed by atoms with E-state index in [2.05, 4.69) is 4.74 Å². The minimum atomic E-state index is -1.34. The third kappa shape index (κ3) is 1.97. The van der Waals surface area contributed by atoms with Crippen LogP contribution in [0.5, 0.6) is 0 Å². The first-order valence-corrected chi connectivity index (χ1v) is 3.65. The molecule has 0 aromatic carbocycles. The Labute approximate surface area is 73.7 Å². The summed E-state index contributed by atoms with van der Waals surface area (Å²) >= 11 is 0. The van der Waals surface area contributed by atoms with Crippen LogP contribution in [0.1, 0.15) is 0 Å². The van der Waals surface area contributed by atoms with Crippen LogP contribution in [0.25, 0.3) is 0 Å². The number of aliphatic carboxylic acids is 1. The first-order valence-electron chi connectivity index (χ1n) is 3.65. The van der Waals surface area contributed by atoms with Gasteiger partial charge in [0.2, 0.25) is 5.76 Å². The zero-order valence-corrected chi connectivity index (χ0v) is 6.62. The van der Waals surface area contributed by atoms with Crippen molar-refractivity contribution in [2.24, 2.45) is 0 Å². The smallest absolute Gasteiger partial charge is 0.370 e. The third-order valence-corrected chi connectivity index (χ3v) is 1.72. The Morgan fingerprint density at radius 2 is 2.15 bits per heavy atom. The molecule has 0 unspecified atom stereocenters. The van der Waals surface area contributed by atoms with E-state index in [1.807, 2.05) is 0 Å². The number of rotatable bonds is 2. The summed E-state index contributed by atoms with van der Waals surface area (Å²) < 4.78 is 4.68. The zero-order valence-electron chi connectivity index (χ0n) is 6.62. The molecule has 0 saturated heterocycles. The molecule has 1 heterocycles. The number of carboxylic acid groups (broad SMARTS) is 1. The van der Waals surface area contributed by atoms with Crippen molar-refractivity contribution in [1.29, 1.82) is 0 Å². The van der Waals surface area contributed by atoms with Crippen molar-refractivity contribution in [1.82, 2.24) is 0 Å². The molecule has 0 aromatic heterocycles. The molecular weight excluding hydrogens is 180 g/mol. The number of carboxylic acids is 1. The van der Waals surface area contributed by atoms with Gasteiger partial charge in [0.1, 0.15) is 12.2 Å². The van der Waals surface area contributed by atoms with E-state index in [1.54, 1.807) is 0 Å². The molecule has 0 aliphatic carbocycles. The maximum Gasteiger partial charge on any atom is 0.370 e. The lowest BCUT2D eigenvalue weighted by atomic mass is 10.0. The van der Waals surface area contributed by atoms with E-state index in [9.17, 15) is 4.79 Å². The summed E-state index contributed by atoms with van der Waals surface area (Å²) in [5.41, 5.74) is 0. The van der Waals surface area contributed by atoms with Crippen molar-refractivity contribution in [2.75, 3.05) is 6.61 Å². The van der Waals surface area contributed by atoms with Crippen LogP contribution in [0.15, 0.2) is 11.8 Å². The van der Waals surface area contributed by atoms with Gasteiger partial charge in [-0.05, 0) is 6.08 Å². The van der Waals surface area contributed by atoms with Crippen LogP contribution < -0.4 is 0 Å². The van der Waals surface area contributed by atoms with E-state index in [4.69, 9.17) is 20.4 Å². The number of aliphatic hydroxyl groups is 3. The van der Waals surface area contributed by atoms with E-state index in [1.165, 1.54) is 0 Å². The second kappa shape index (κ2) is 3.73. The second-order valence-electron chi connectivity index (χ2n) is 2.66. The summed E-state index contributed by atoms with van der Waals surface area (Å²) in [5, 5.41) is 35.4. The molecule has 0 radical (unpaired) electrons. The average molecular weight is 190 g/mol. The van der Waals surface area contributed by atoms with Crippen molar-refractivity contribution in [3.05, 3.63) is 11.8 Å². The van der Waals surface area contributed by atoms with Gasteiger partial charge < -0.3 is 25.2 Å². The Kier molecular flexibility index (Phi) is 2.86. The van der Waals surface area contributed by atoms with Crippen molar-refractivity contribution in [2.45, 2.75) is 18.3 Å². The van der Waals surface area contributed by atoms with Crippen LogP contribution in [-0.2, 0) is 9.53 Å². The van der Waals surface area contributed by atoms with Crippen molar-refractivity contribution < 1.29 is 30.0 Å². The molecule has 0 bridgehead atoms. The molecule has 1 aliphatic heterocycles. The Balaban J connectivity index is 2.81. The topological polar surface area (TPSA) is 107 Å². The number of carbonyl (C=O) groups is 1. The molecule has 0 saturated carbocycles. The van der Waals surface area contributed by atoms with Crippen LogP contribution in [0.4, 0.5) is 0 Å². The fourth-order valence-corrected chi connectivity index (χ4v) is 1.01. The van der Waals surface area contributed by atoms with E-state index in [0.29, 0.717) is 0 Å². The third-order valence-electron chi connectivity index (χ3n) is 1.72. The first kappa shape index (κ1) is 9.97. The van der Waals surface area contributed by atoms with Gasteiger partial charge in [0.15, 0.2) is 6.10 Å². The molecule has 4 N–H and O–H groups in total. The van der Waals surface area contributed by atoms with Gasteiger partial charge in [0.25, 0.3) is 0 Å². The summed E-state index contributed by atoms with van der Waals surface area (Å²) in [6.45, 7) is -0.553. The maximum atomic E-state index is 10.4. The molecule has 13 heavy (non-hydrogen) atoms. The van der Waals surface area contributed by atoms with E-state index >= 15 is 0 Å². The van der Waals surface area contributed by atoms with Gasteiger partial charge in [0, 0.05) is 0 Å². The van der Waals surface area contributed by atoms with Crippen LogP contribution >= 0.6 is 0 Å². The van der Waals surface area contributed by atoms with Gasteiger partial charge in [0.05, 0.1) is 6.61 Å². The van der Waals surface area contributed by atoms with Crippen LogP contribution in [0.2, 0.25) is 0 Å². The van der Waals surface area contributed by atoms with Gasteiger partial charge in [-0.2, -0.15) is 0 Å². The maximum absolute atomic E-state index is 10.4. The molecule has 74 valence electrons. The highest BCUT2D eigenvalue weighted by Crippen LogP contribution is 2.17. The molecule has 6 nitrogen and oxygen atoms in total. The van der Waals surface area contributed by atoms with E-state index < -0.39 is 36.6 Å². The van der Waals surface area contributed by atoms with Crippen molar-refractivity contribution >= 4 is 5.97 Å². The van der Waals surface area contributed by atoms with Crippen molar-refractivity contribution in [3.63, 3.8) is 0 Å². The molecule has 3 atom stereocenters. The lowest BCUT2D eigenvalue weighted by Crippen LogP contribution is -2.44. The fourth-order valence-electron chi connectivity index (χ4n) is 1.01. The highest BCUT2D eigenvalue weighted by Gasteiger charge is 2.33. The number of hydrogen-bond acceptors (Lipinski definition) is 5. The Hall–Kier alpha value is -1.11. The highest BCUT2D eigenvalue weighted by molar-refractivity contribution is 5.84. The molecular formula is C7H10O6. The van der Waals surface area contributed by atoms with E-state index in [-0.39, 0.29) is 0 Å². The monoisotopic (exact) mass is 190 g/mol. The highest BCUT2D eigenvalue weighted by atomic mass is 16.5. The molecule has 6 heteroatoms. The standard InChI is InChI=1S/C7H10O6/c8-2-5-6(10)3(9)1-4(13-5)7(11)12/h1,3,5-6,8-10H,2H2,(H,11,12)/t3-,5-,6-/m1/s1. The number of hydrogen-bond donors (Lipinski definition) is 4. The molecule has 0 spiro atoms. The minimum absolute atomic E-state index is 0.461. The van der Waals surface area contributed by atoms with Gasteiger partial charge in [-0.1, -0.05) is 0 Å². The molecule has 0 aromatic rings. The average Bonchev–Trinajstić information content (AvgIpc) is 2.09. The Morgan fingerprint density at radius 3 is 2.62 bits per heavy atom. The summed E-state index contributed by atoms with van der Waals surface area (Å²) in [6, 6.07) is 0.